The summed E-state index contributed by atoms with van der Waals surface area (Å²) < 4.78 is 6.19. The highest BCUT2D eigenvalue weighted by Crippen LogP contribution is 2.56. The topological polar surface area (TPSA) is 42.4 Å². The quantitative estimate of drug-likeness (QED) is 0.471. The lowest BCUT2D eigenvalue weighted by Gasteiger charge is -2.35. The van der Waals surface area contributed by atoms with E-state index in [0.717, 1.165) is 29.4 Å². The second-order valence-corrected chi connectivity index (χ2v) is 9.28. The van der Waals surface area contributed by atoms with Crippen LogP contribution in [0, 0.1) is 11.3 Å². The Balaban J connectivity index is 1.50. The smallest absolute Gasteiger partial charge is 0.192 e. The third-order valence-corrected chi connectivity index (χ3v) is 7.04. The lowest BCUT2D eigenvalue weighted by atomic mass is 9.75. The van der Waals surface area contributed by atoms with E-state index < -0.39 is 5.79 Å². The van der Waals surface area contributed by atoms with Crippen LogP contribution in [0.25, 0.3) is 10.9 Å². The first kappa shape index (κ1) is 21.3. The minimum atomic E-state index is -1.24. The van der Waals surface area contributed by atoms with Crippen molar-refractivity contribution in [1.82, 2.24) is 4.98 Å². The molecular formula is C27H35NO2. The fraction of sp³-hybridized carbons (Fsp3) is 0.519. The Morgan fingerprint density at radius 3 is 2.60 bits per heavy atom. The Hall–Kier alpha value is -1.97. The van der Waals surface area contributed by atoms with E-state index in [2.05, 4.69) is 32.1 Å². The van der Waals surface area contributed by atoms with E-state index in [1.54, 1.807) is 0 Å². The van der Waals surface area contributed by atoms with E-state index in [4.69, 9.17) is 9.72 Å². The molecule has 1 fully saturated rings. The summed E-state index contributed by atoms with van der Waals surface area (Å²) >= 11 is 0. The molecule has 0 spiro atoms. The summed E-state index contributed by atoms with van der Waals surface area (Å²) in [4.78, 5) is 4.71. The average Bonchev–Trinajstić information content (AvgIpc) is 3.15. The summed E-state index contributed by atoms with van der Waals surface area (Å²) in [6, 6.07) is 12.2. The van der Waals surface area contributed by atoms with Gasteiger partial charge in [0.2, 0.25) is 0 Å². The van der Waals surface area contributed by atoms with Gasteiger partial charge in [0.1, 0.15) is 0 Å². The number of allylic oxidation sites excluding steroid dienone is 2. The highest BCUT2D eigenvalue weighted by Gasteiger charge is 2.50. The SMILES string of the molecule is CCCCC1(CCCC)CC2=CC=CC(O)(OCc3ccc4ccccc4n3)C2C1. The summed E-state index contributed by atoms with van der Waals surface area (Å²) in [7, 11) is 0. The molecule has 2 aromatic rings. The van der Waals surface area contributed by atoms with Crippen molar-refractivity contribution >= 4 is 10.9 Å². The molecule has 0 amide bonds. The Morgan fingerprint density at radius 1 is 1.07 bits per heavy atom. The van der Waals surface area contributed by atoms with Crippen molar-refractivity contribution < 1.29 is 9.84 Å². The molecule has 2 aliphatic carbocycles. The summed E-state index contributed by atoms with van der Waals surface area (Å²) in [5, 5.41) is 12.6. The van der Waals surface area contributed by atoms with Crippen molar-refractivity contribution in [2.75, 3.05) is 0 Å². The number of nitrogens with zero attached hydrogens (tertiary/aromatic N) is 1. The lowest BCUT2D eigenvalue weighted by molar-refractivity contribution is -0.203. The van der Waals surface area contributed by atoms with Gasteiger partial charge in [0, 0.05) is 11.3 Å². The molecule has 1 heterocycles. The van der Waals surface area contributed by atoms with Gasteiger partial charge in [-0.15, -0.1) is 0 Å². The molecule has 0 saturated heterocycles. The fourth-order valence-corrected chi connectivity index (χ4v) is 5.34. The molecule has 1 saturated carbocycles. The third kappa shape index (κ3) is 4.38. The van der Waals surface area contributed by atoms with Crippen LogP contribution >= 0.6 is 0 Å². The highest BCUT2D eigenvalue weighted by atomic mass is 16.6. The maximum Gasteiger partial charge on any atom is 0.192 e. The highest BCUT2D eigenvalue weighted by molar-refractivity contribution is 5.78. The molecule has 160 valence electrons. The van der Waals surface area contributed by atoms with Crippen molar-refractivity contribution in [2.45, 2.75) is 77.6 Å². The van der Waals surface area contributed by atoms with Crippen LogP contribution in [0.5, 0.6) is 0 Å². The number of rotatable bonds is 9. The monoisotopic (exact) mass is 405 g/mol. The number of hydrogen-bond donors (Lipinski definition) is 1. The van der Waals surface area contributed by atoms with Crippen molar-refractivity contribution in [1.29, 1.82) is 0 Å². The first-order chi connectivity index (χ1) is 14.6. The number of aliphatic hydroxyl groups is 1. The molecule has 2 aliphatic rings. The molecule has 0 bridgehead atoms. The van der Waals surface area contributed by atoms with Crippen molar-refractivity contribution in [3.63, 3.8) is 0 Å². The van der Waals surface area contributed by atoms with Gasteiger partial charge < -0.3 is 9.84 Å². The van der Waals surface area contributed by atoms with E-state index in [0.29, 0.717) is 12.0 Å². The second kappa shape index (κ2) is 9.03. The molecular weight excluding hydrogens is 370 g/mol. The van der Waals surface area contributed by atoms with Crippen LogP contribution < -0.4 is 0 Å². The summed E-state index contributed by atoms with van der Waals surface area (Å²) in [5.74, 6) is -1.19. The normalized spacial score (nSPS) is 24.8. The van der Waals surface area contributed by atoms with Crippen LogP contribution in [0.1, 0.15) is 70.9 Å². The standard InChI is InChI=1S/C27H35NO2/c1-3-5-15-26(16-6-4-2)18-22-11-9-17-27(29,24(22)19-26)30-20-23-14-13-21-10-7-8-12-25(21)28-23/h7-14,17,24,29H,3-6,15-16,18-20H2,1-2H3. The number of benzene rings is 1. The first-order valence-electron chi connectivity index (χ1n) is 11.7. The average molecular weight is 406 g/mol. The Morgan fingerprint density at radius 2 is 1.83 bits per heavy atom. The second-order valence-electron chi connectivity index (χ2n) is 9.28. The van der Waals surface area contributed by atoms with Crippen molar-refractivity contribution in [3.05, 3.63) is 65.9 Å². The van der Waals surface area contributed by atoms with E-state index in [1.165, 1.54) is 44.1 Å². The molecule has 30 heavy (non-hydrogen) atoms. The fourth-order valence-electron chi connectivity index (χ4n) is 5.34. The van der Waals surface area contributed by atoms with Crippen LogP contribution in [0.15, 0.2) is 60.2 Å². The van der Waals surface area contributed by atoms with Crippen molar-refractivity contribution in [3.8, 4) is 0 Å². The number of para-hydroxylation sites is 1. The van der Waals surface area contributed by atoms with Gasteiger partial charge in [-0.3, -0.25) is 4.98 Å². The van der Waals surface area contributed by atoms with Gasteiger partial charge in [-0.1, -0.05) is 81.5 Å². The number of hydrogen-bond acceptors (Lipinski definition) is 3. The minimum absolute atomic E-state index is 0.0525. The van der Waals surface area contributed by atoms with Gasteiger partial charge in [-0.05, 0) is 49.3 Å². The summed E-state index contributed by atoms with van der Waals surface area (Å²) in [6.07, 6.45) is 15.6. The van der Waals surface area contributed by atoms with Gasteiger partial charge in [-0.2, -0.15) is 0 Å². The molecule has 1 aromatic carbocycles. The van der Waals surface area contributed by atoms with Crippen LogP contribution in [0.2, 0.25) is 0 Å². The number of unbranched alkanes of at least 4 members (excludes halogenated alkanes) is 2. The summed E-state index contributed by atoms with van der Waals surface area (Å²) in [6.45, 7) is 4.85. The molecule has 0 radical (unpaired) electrons. The predicted molar refractivity (Wildman–Crippen MR) is 123 cm³/mol. The zero-order valence-corrected chi connectivity index (χ0v) is 18.4. The summed E-state index contributed by atoms with van der Waals surface area (Å²) in [5.41, 5.74) is 3.49. The maximum absolute atomic E-state index is 11.5. The van der Waals surface area contributed by atoms with Gasteiger partial charge >= 0.3 is 0 Å². The number of pyridine rings is 1. The number of ether oxygens (including phenoxy) is 1. The largest absolute Gasteiger partial charge is 0.362 e. The first-order valence-corrected chi connectivity index (χ1v) is 11.7. The third-order valence-electron chi connectivity index (χ3n) is 7.04. The van der Waals surface area contributed by atoms with Gasteiger partial charge in [0.05, 0.1) is 17.8 Å². The Labute approximate surface area is 180 Å². The van der Waals surface area contributed by atoms with Crippen LogP contribution in [0.4, 0.5) is 0 Å². The van der Waals surface area contributed by atoms with E-state index >= 15 is 0 Å². The number of aromatic nitrogens is 1. The number of fused-ring (bicyclic) bond motifs is 2. The molecule has 1 N–H and O–H groups in total. The van der Waals surface area contributed by atoms with Crippen LogP contribution in [-0.2, 0) is 11.3 Å². The lowest BCUT2D eigenvalue weighted by Crippen LogP contribution is -2.40. The molecule has 3 nitrogen and oxygen atoms in total. The van der Waals surface area contributed by atoms with Crippen LogP contribution in [-0.4, -0.2) is 15.9 Å². The molecule has 2 atom stereocenters. The predicted octanol–water partition coefficient (Wildman–Crippen LogP) is 6.71. The van der Waals surface area contributed by atoms with Gasteiger partial charge in [0.25, 0.3) is 0 Å². The molecule has 1 aromatic heterocycles. The zero-order valence-electron chi connectivity index (χ0n) is 18.4. The van der Waals surface area contributed by atoms with Gasteiger partial charge in [-0.25, -0.2) is 0 Å². The van der Waals surface area contributed by atoms with Crippen LogP contribution in [0.3, 0.4) is 0 Å². The van der Waals surface area contributed by atoms with Gasteiger partial charge in [0.15, 0.2) is 5.79 Å². The zero-order chi connectivity index (χ0) is 21.0. The minimum Gasteiger partial charge on any atom is -0.362 e. The molecule has 2 unspecified atom stereocenters. The molecule has 4 rings (SSSR count). The van der Waals surface area contributed by atoms with E-state index in [1.807, 2.05) is 36.4 Å². The van der Waals surface area contributed by atoms with E-state index in [-0.39, 0.29) is 5.92 Å². The maximum atomic E-state index is 11.5. The van der Waals surface area contributed by atoms with Crippen molar-refractivity contribution in [2.24, 2.45) is 11.3 Å². The van der Waals surface area contributed by atoms with E-state index in [9.17, 15) is 5.11 Å². The molecule has 0 aliphatic heterocycles. The Kier molecular flexibility index (Phi) is 6.40. The Bertz CT molecular complexity index is 923. The molecule has 3 heteroatoms.